The predicted molar refractivity (Wildman–Crippen MR) is 124 cm³/mol. The van der Waals surface area contributed by atoms with E-state index in [1.54, 1.807) is 6.20 Å². The normalized spacial score (nSPS) is 13.8. The lowest BCUT2D eigenvalue weighted by Crippen LogP contribution is -2.35. The lowest BCUT2D eigenvalue weighted by atomic mass is 10.1. The van der Waals surface area contributed by atoms with Gasteiger partial charge in [0.25, 0.3) is 5.91 Å². The van der Waals surface area contributed by atoms with Crippen LogP contribution in [0.4, 0.5) is 5.69 Å². The minimum absolute atomic E-state index is 0.0779. The van der Waals surface area contributed by atoms with Crippen molar-refractivity contribution >= 4 is 29.3 Å². The smallest absolute Gasteiger partial charge is 0.253 e. The molecule has 1 aromatic heterocycles. The van der Waals surface area contributed by atoms with Crippen molar-refractivity contribution in [1.82, 2.24) is 14.5 Å². The van der Waals surface area contributed by atoms with E-state index in [4.69, 9.17) is 0 Å². The number of nitrogens with zero attached hydrogens (tertiary/aromatic N) is 3. The van der Waals surface area contributed by atoms with Gasteiger partial charge in [-0.3, -0.25) is 14.2 Å². The molecule has 3 aromatic rings. The molecule has 0 spiro atoms. The first-order chi connectivity index (χ1) is 15.1. The quantitative estimate of drug-likeness (QED) is 0.579. The molecule has 0 radical (unpaired) electrons. The third-order valence-corrected chi connectivity index (χ3v) is 6.28. The van der Waals surface area contributed by atoms with Crippen molar-refractivity contribution in [3.05, 3.63) is 72.1 Å². The number of hydrogen-bond acceptors (Lipinski definition) is 4. The number of thioether (sulfide) groups is 1. The van der Waals surface area contributed by atoms with Gasteiger partial charge in [0.05, 0.1) is 5.75 Å². The van der Waals surface area contributed by atoms with Gasteiger partial charge in [0.1, 0.15) is 0 Å². The zero-order chi connectivity index (χ0) is 21.6. The Morgan fingerprint density at radius 2 is 1.71 bits per heavy atom. The van der Waals surface area contributed by atoms with E-state index >= 15 is 0 Å². The molecule has 31 heavy (non-hydrogen) atoms. The lowest BCUT2D eigenvalue weighted by molar-refractivity contribution is -0.113. The molecule has 0 atom stereocenters. The van der Waals surface area contributed by atoms with Crippen molar-refractivity contribution in [1.29, 1.82) is 0 Å². The van der Waals surface area contributed by atoms with Gasteiger partial charge in [-0.15, -0.1) is 0 Å². The summed E-state index contributed by atoms with van der Waals surface area (Å²) >= 11 is 1.38. The number of carbonyl (C=O) groups excluding carboxylic acids is 2. The van der Waals surface area contributed by atoms with Crippen molar-refractivity contribution in [2.45, 2.75) is 31.3 Å². The predicted octanol–water partition coefficient (Wildman–Crippen LogP) is 4.54. The molecule has 2 amide bonds. The Morgan fingerprint density at radius 3 is 2.42 bits per heavy atom. The Labute approximate surface area is 186 Å². The van der Waals surface area contributed by atoms with Gasteiger partial charge in [-0.2, -0.15) is 0 Å². The van der Waals surface area contributed by atoms with Crippen molar-refractivity contribution in [2.24, 2.45) is 0 Å². The molecule has 160 valence electrons. The van der Waals surface area contributed by atoms with E-state index in [1.807, 2.05) is 71.1 Å². The second-order valence-electron chi connectivity index (χ2n) is 7.68. The third-order valence-electron chi connectivity index (χ3n) is 5.31. The fraction of sp³-hybridized carbons (Fsp3) is 0.292. The summed E-state index contributed by atoms with van der Waals surface area (Å²) in [7, 11) is 0. The summed E-state index contributed by atoms with van der Waals surface area (Å²) in [4.78, 5) is 31.3. The van der Waals surface area contributed by atoms with Gasteiger partial charge >= 0.3 is 0 Å². The highest BCUT2D eigenvalue weighted by molar-refractivity contribution is 7.99. The van der Waals surface area contributed by atoms with Gasteiger partial charge in [-0.05, 0) is 62.6 Å². The molecule has 0 aliphatic carbocycles. The summed E-state index contributed by atoms with van der Waals surface area (Å²) in [5.41, 5.74) is 3.55. The summed E-state index contributed by atoms with van der Waals surface area (Å²) < 4.78 is 1.93. The fourth-order valence-corrected chi connectivity index (χ4v) is 4.37. The molecule has 0 bridgehead atoms. The number of imidazole rings is 1. The fourth-order valence-electron chi connectivity index (χ4n) is 3.60. The number of likely N-dealkylation sites (tertiary alicyclic amines) is 1. The first kappa shape index (κ1) is 21.2. The van der Waals surface area contributed by atoms with Crippen LogP contribution >= 0.6 is 11.8 Å². The maximum atomic E-state index is 12.7. The standard InChI is InChI=1S/C24H26N4O2S/c1-18-5-9-20(10-6-18)26-22(29)17-31-24-25-13-16-28(24)21-11-7-19(8-12-21)23(30)27-14-3-2-4-15-27/h5-13,16H,2-4,14-15,17H2,1H3,(H,26,29). The summed E-state index contributed by atoms with van der Waals surface area (Å²) in [5, 5.41) is 3.63. The Balaban J connectivity index is 1.37. The number of anilines is 1. The van der Waals surface area contributed by atoms with E-state index in [9.17, 15) is 9.59 Å². The molecule has 1 N–H and O–H groups in total. The minimum Gasteiger partial charge on any atom is -0.339 e. The van der Waals surface area contributed by atoms with Gasteiger partial charge in [0.2, 0.25) is 5.91 Å². The van der Waals surface area contributed by atoms with Crippen LogP contribution in [0.5, 0.6) is 0 Å². The number of piperidine rings is 1. The highest BCUT2D eigenvalue weighted by Gasteiger charge is 2.18. The van der Waals surface area contributed by atoms with E-state index in [2.05, 4.69) is 10.3 Å². The highest BCUT2D eigenvalue weighted by atomic mass is 32.2. The van der Waals surface area contributed by atoms with Gasteiger partial charge in [-0.1, -0.05) is 29.5 Å². The van der Waals surface area contributed by atoms with E-state index in [0.717, 1.165) is 48.0 Å². The van der Waals surface area contributed by atoms with Crippen LogP contribution in [0, 0.1) is 6.92 Å². The molecule has 1 aliphatic heterocycles. The first-order valence-corrected chi connectivity index (χ1v) is 11.5. The number of amides is 2. The average molecular weight is 435 g/mol. The summed E-state index contributed by atoms with van der Waals surface area (Å²) in [6, 6.07) is 15.3. The third kappa shape index (κ3) is 5.35. The van der Waals surface area contributed by atoms with Crippen molar-refractivity contribution in [2.75, 3.05) is 24.2 Å². The molecule has 4 rings (SSSR count). The number of aryl methyl sites for hydroxylation is 1. The van der Waals surface area contributed by atoms with E-state index in [-0.39, 0.29) is 17.6 Å². The van der Waals surface area contributed by atoms with Crippen LogP contribution in [0.15, 0.2) is 66.1 Å². The number of carbonyl (C=O) groups is 2. The van der Waals surface area contributed by atoms with Gasteiger partial charge in [-0.25, -0.2) is 4.98 Å². The average Bonchev–Trinajstić information content (AvgIpc) is 3.28. The molecule has 1 aliphatic rings. The van der Waals surface area contributed by atoms with Crippen LogP contribution in [-0.2, 0) is 4.79 Å². The molecular formula is C24H26N4O2S. The Kier molecular flexibility index (Phi) is 6.72. The zero-order valence-corrected chi connectivity index (χ0v) is 18.4. The van der Waals surface area contributed by atoms with Crippen molar-refractivity contribution in [3.8, 4) is 5.69 Å². The van der Waals surface area contributed by atoms with E-state index in [1.165, 1.54) is 18.2 Å². The van der Waals surface area contributed by atoms with Gasteiger partial charge in [0.15, 0.2) is 5.16 Å². The summed E-state index contributed by atoms with van der Waals surface area (Å²) in [6.45, 7) is 3.69. The largest absolute Gasteiger partial charge is 0.339 e. The number of rotatable bonds is 6. The molecule has 7 heteroatoms. The second-order valence-corrected chi connectivity index (χ2v) is 8.62. The van der Waals surface area contributed by atoms with Gasteiger partial charge in [0, 0.05) is 42.4 Å². The SMILES string of the molecule is Cc1ccc(NC(=O)CSc2nccn2-c2ccc(C(=O)N3CCCCC3)cc2)cc1. The molecule has 2 heterocycles. The Morgan fingerprint density at radius 1 is 1.00 bits per heavy atom. The lowest BCUT2D eigenvalue weighted by Gasteiger charge is -2.26. The monoisotopic (exact) mass is 434 g/mol. The second kappa shape index (κ2) is 9.83. The summed E-state index contributed by atoms with van der Waals surface area (Å²) in [6.07, 6.45) is 6.94. The van der Waals surface area contributed by atoms with Crippen LogP contribution in [0.1, 0.15) is 35.2 Å². The molecule has 2 aromatic carbocycles. The molecule has 0 unspecified atom stereocenters. The molecule has 6 nitrogen and oxygen atoms in total. The van der Waals surface area contributed by atoms with Crippen LogP contribution in [0.25, 0.3) is 5.69 Å². The van der Waals surface area contributed by atoms with E-state index < -0.39 is 0 Å². The number of benzene rings is 2. The van der Waals surface area contributed by atoms with Crippen LogP contribution in [0.3, 0.4) is 0 Å². The van der Waals surface area contributed by atoms with E-state index in [0.29, 0.717) is 5.56 Å². The molecule has 1 saturated heterocycles. The molecular weight excluding hydrogens is 408 g/mol. The Hall–Kier alpha value is -3.06. The first-order valence-electron chi connectivity index (χ1n) is 10.5. The van der Waals surface area contributed by atoms with Crippen molar-refractivity contribution in [3.63, 3.8) is 0 Å². The zero-order valence-electron chi connectivity index (χ0n) is 17.6. The number of nitrogens with one attached hydrogen (secondary N) is 1. The van der Waals surface area contributed by atoms with Gasteiger partial charge < -0.3 is 10.2 Å². The van der Waals surface area contributed by atoms with Crippen LogP contribution < -0.4 is 5.32 Å². The number of aromatic nitrogens is 2. The highest BCUT2D eigenvalue weighted by Crippen LogP contribution is 2.22. The molecule has 1 fully saturated rings. The van der Waals surface area contributed by atoms with Crippen molar-refractivity contribution < 1.29 is 9.59 Å². The molecule has 0 saturated carbocycles. The summed E-state index contributed by atoms with van der Waals surface area (Å²) in [5.74, 6) is 0.279. The maximum absolute atomic E-state index is 12.7. The maximum Gasteiger partial charge on any atom is 0.253 e. The number of hydrogen-bond donors (Lipinski definition) is 1. The Bertz CT molecular complexity index is 1040. The minimum atomic E-state index is -0.0779. The van der Waals surface area contributed by atoms with Crippen LogP contribution in [0.2, 0.25) is 0 Å². The van der Waals surface area contributed by atoms with Crippen LogP contribution in [-0.4, -0.2) is 45.1 Å². The topological polar surface area (TPSA) is 67.2 Å².